The summed E-state index contributed by atoms with van der Waals surface area (Å²) < 4.78 is 5.21. The minimum absolute atomic E-state index is 0.0176. The summed E-state index contributed by atoms with van der Waals surface area (Å²) >= 11 is 0. The van der Waals surface area contributed by atoms with Crippen molar-refractivity contribution < 1.29 is 14.3 Å². The second-order valence-electron chi connectivity index (χ2n) is 8.82. The Morgan fingerprint density at radius 1 is 0.917 bits per heavy atom. The van der Waals surface area contributed by atoms with Gasteiger partial charge in [-0.2, -0.15) is 0 Å². The smallest absolute Gasteiger partial charge is 0.254 e. The molecule has 0 saturated carbocycles. The van der Waals surface area contributed by atoms with Gasteiger partial charge in [0.1, 0.15) is 12.3 Å². The Morgan fingerprint density at radius 3 is 2.25 bits per heavy atom. The maximum Gasteiger partial charge on any atom is 0.254 e. The first-order valence-electron chi connectivity index (χ1n) is 12.4. The summed E-state index contributed by atoms with van der Waals surface area (Å²) in [5.74, 6) is 1.48. The van der Waals surface area contributed by atoms with Crippen molar-refractivity contribution in [3.05, 3.63) is 72.3 Å². The molecule has 0 aliphatic carbocycles. The standard InChI is InChI=1S/C28H33N5O3/c1-3-4-16-33(28(35)23-8-6-5-7-9-23)21-27(34)32-19-17-31(18-20-32)26-15-14-25(29-30-26)22-10-12-24(36-2)13-11-22/h5-15H,3-4,16-21H2,1-2H3. The van der Waals surface area contributed by atoms with E-state index in [0.29, 0.717) is 38.3 Å². The van der Waals surface area contributed by atoms with Crippen molar-refractivity contribution >= 4 is 17.6 Å². The molecular weight excluding hydrogens is 454 g/mol. The third-order valence-electron chi connectivity index (χ3n) is 6.41. The molecule has 0 spiro atoms. The molecule has 8 nitrogen and oxygen atoms in total. The van der Waals surface area contributed by atoms with Crippen molar-refractivity contribution in [3.8, 4) is 17.0 Å². The molecule has 2 amide bonds. The van der Waals surface area contributed by atoms with Gasteiger partial charge in [0.25, 0.3) is 5.91 Å². The Balaban J connectivity index is 1.33. The van der Waals surface area contributed by atoms with E-state index in [1.807, 2.05) is 59.5 Å². The Labute approximate surface area is 212 Å². The van der Waals surface area contributed by atoms with Crippen LogP contribution >= 0.6 is 0 Å². The maximum absolute atomic E-state index is 13.1. The molecule has 188 valence electrons. The van der Waals surface area contributed by atoms with Crippen LogP contribution in [0, 0.1) is 0 Å². The quantitative estimate of drug-likeness (QED) is 0.458. The van der Waals surface area contributed by atoms with Crippen molar-refractivity contribution in [2.75, 3.05) is 51.3 Å². The predicted octanol–water partition coefficient (Wildman–Crippen LogP) is 3.74. The molecule has 1 saturated heterocycles. The lowest BCUT2D eigenvalue weighted by Gasteiger charge is -2.36. The topological polar surface area (TPSA) is 78.9 Å². The number of amides is 2. The lowest BCUT2D eigenvalue weighted by Crippen LogP contribution is -2.52. The molecule has 2 heterocycles. The van der Waals surface area contributed by atoms with Crippen LogP contribution in [-0.4, -0.2) is 78.2 Å². The molecule has 1 aliphatic heterocycles. The number of benzene rings is 2. The van der Waals surface area contributed by atoms with E-state index in [1.54, 1.807) is 24.1 Å². The van der Waals surface area contributed by atoms with Crippen LogP contribution in [0.1, 0.15) is 30.1 Å². The van der Waals surface area contributed by atoms with Gasteiger partial charge in [-0.15, -0.1) is 10.2 Å². The summed E-state index contributed by atoms with van der Waals surface area (Å²) in [5.41, 5.74) is 2.39. The number of methoxy groups -OCH3 is 1. The van der Waals surface area contributed by atoms with Crippen LogP contribution in [0.25, 0.3) is 11.3 Å². The first-order valence-corrected chi connectivity index (χ1v) is 12.4. The Hall–Kier alpha value is -3.94. The molecule has 4 rings (SSSR count). The van der Waals surface area contributed by atoms with Gasteiger partial charge in [-0.05, 0) is 55.0 Å². The van der Waals surface area contributed by atoms with Crippen LogP contribution < -0.4 is 9.64 Å². The number of piperazine rings is 1. The molecule has 0 N–H and O–H groups in total. The number of hydrogen-bond donors (Lipinski definition) is 0. The van der Waals surface area contributed by atoms with E-state index < -0.39 is 0 Å². The summed E-state index contributed by atoms with van der Waals surface area (Å²) in [6.45, 7) is 5.27. The first kappa shape index (κ1) is 25.2. The lowest BCUT2D eigenvalue weighted by molar-refractivity contribution is -0.132. The number of unbranched alkanes of at least 4 members (excludes halogenated alkanes) is 1. The van der Waals surface area contributed by atoms with Gasteiger partial charge in [0.05, 0.1) is 12.8 Å². The van der Waals surface area contributed by atoms with E-state index in [0.717, 1.165) is 35.7 Å². The fourth-order valence-electron chi connectivity index (χ4n) is 4.22. The summed E-state index contributed by atoms with van der Waals surface area (Å²) in [7, 11) is 1.64. The van der Waals surface area contributed by atoms with E-state index in [2.05, 4.69) is 22.0 Å². The molecule has 3 aromatic rings. The summed E-state index contributed by atoms with van der Waals surface area (Å²) in [5, 5.41) is 8.81. The van der Waals surface area contributed by atoms with E-state index >= 15 is 0 Å². The number of anilines is 1. The molecule has 1 aliphatic rings. The van der Waals surface area contributed by atoms with Crippen molar-refractivity contribution in [2.45, 2.75) is 19.8 Å². The number of carbonyl (C=O) groups excluding carboxylic acids is 2. The van der Waals surface area contributed by atoms with E-state index in [4.69, 9.17) is 4.74 Å². The molecule has 1 aromatic heterocycles. The summed E-state index contributed by atoms with van der Waals surface area (Å²) in [4.78, 5) is 31.7. The second-order valence-corrected chi connectivity index (χ2v) is 8.82. The highest BCUT2D eigenvalue weighted by molar-refractivity contribution is 5.96. The zero-order chi connectivity index (χ0) is 25.3. The average molecular weight is 488 g/mol. The second kappa shape index (κ2) is 12.2. The number of aromatic nitrogens is 2. The zero-order valence-corrected chi connectivity index (χ0v) is 21.0. The SMILES string of the molecule is CCCCN(CC(=O)N1CCN(c2ccc(-c3ccc(OC)cc3)nn2)CC1)C(=O)c1ccccc1. The minimum atomic E-state index is -0.0942. The molecule has 8 heteroatoms. The Bertz CT molecular complexity index is 1130. The summed E-state index contributed by atoms with van der Waals surface area (Å²) in [6, 6.07) is 20.8. The highest BCUT2D eigenvalue weighted by atomic mass is 16.5. The van der Waals surface area contributed by atoms with E-state index in [9.17, 15) is 9.59 Å². The van der Waals surface area contributed by atoms with Crippen LogP contribution in [0.5, 0.6) is 5.75 Å². The summed E-state index contributed by atoms with van der Waals surface area (Å²) in [6.07, 6.45) is 1.83. The number of hydrogen-bond acceptors (Lipinski definition) is 6. The van der Waals surface area contributed by atoms with Crippen LogP contribution in [-0.2, 0) is 4.79 Å². The molecular formula is C28H33N5O3. The third kappa shape index (κ3) is 6.19. The lowest BCUT2D eigenvalue weighted by atomic mass is 10.1. The highest BCUT2D eigenvalue weighted by Gasteiger charge is 2.25. The Kier molecular flexibility index (Phi) is 8.49. The van der Waals surface area contributed by atoms with Crippen LogP contribution in [0.4, 0.5) is 5.82 Å². The van der Waals surface area contributed by atoms with Crippen LogP contribution in [0.2, 0.25) is 0 Å². The number of ether oxygens (including phenoxy) is 1. The van der Waals surface area contributed by atoms with Crippen LogP contribution in [0.3, 0.4) is 0 Å². The molecule has 0 radical (unpaired) electrons. The molecule has 1 fully saturated rings. The van der Waals surface area contributed by atoms with Gasteiger partial charge in [0.15, 0.2) is 5.82 Å². The van der Waals surface area contributed by atoms with Gasteiger partial charge in [-0.1, -0.05) is 31.5 Å². The number of rotatable bonds is 9. The monoisotopic (exact) mass is 487 g/mol. The maximum atomic E-state index is 13.1. The van der Waals surface area contributed by atoms with Gasteiger partial charge in [-0.25, -0.2) is 0 Å². The third-order valence-corrected chi connectivity index (χ3v) is 6.41. The molecule has 2 aromatic carbocycles. The highest BCUT2D eigenvalue weighted by Crippen LogP contribution is 2.22. The van der Waals surface area contributed by atoms with Crippen molar-refractivity contribution in [1.29, 1.82) is 0 Å². The molecule has 0 bridgehead atoms. The minimum Gasteiger partial charge on any atom is -0.497 e. The first-order chi connectivity index (χ1) is 17.6. The van der Waals surface area contributed by atoms with Gasteiger partial charge in [0.2, 0.25) is 5.91 Å². The Morgan fingerprint density at radius 2 is 1.64 bits per heavy atom. The van der Waals surface area contributed by atoms with E-state index in [-0.39, 0.29) is 18.4 Å². The fraction of sp³-hybridized carbons (Fsp3) is 0.357. The normalized spacial score (nSPS) is 13.4. The largest absolute Gasteiger partial charge is 0.497 e. The van der Waals surface area contributed by atoms with Crippen molar-refractivity contribution in [3.63, 3.8) is 0 Å². The van der Waals surface area contributed by atoms with Gasteiger partial charge >= 0.3 is 0 Å². The predicted molar refractivity (Wildman–Crippen MR) is 140 cm³/mol. The van der Waals surface area contributed by atoms with Gasteiger partial charge < -0.3 is 19.4 Å². The van der Waals surface area contributed by atoms with Crippen molar-refractivity contribution in [2.24, 2.45) is 0 Å². The average Bonchev–Trinajstić information content (AvgIpc) is 2.95. The fourth-order valence-corrected chi connectivity index (χ4v) is 4.22. The van der Waals surface area contributed by atoms with Crippen molar-refractivity contribution in [1.82, 2.24) is 20.0 Å². The number of carbonyl (C=O) groups is 2. The van der Waals surface area contributed by atoms with Gasteiger partial charge in [-0.3, -0.25) is 9.59 Å². The van der Waals surface area contributed by atoms with E-state index in [1.165, 1.54) is 0 Å². The molecule has 36 heavy (non-hydrogen) atoms. The molecule has 0 atom stereocenters. The molecule has 0 unspecified atom stereocenters. The van der Waals surface area contributed by atoms with Crippen LogP contribution in [0.15, 0.2) is 66.7 Å². The number of nitrogens with zero attached hydrogens (tertiary/aromatic N) is 5. The van der Waals surface area contributed by atoms with Gasteiger partial charge in [0, 0.05) is 43.9 Å². The zero-order valence-electron chi connectivity index (χ0n) is 21.0.